The number of rotatable bonds is 1. The van der Waals surface area contributed by atoms with E-state index in [2.05, 4.69) is 9.97 Å². The van der Waals surface area contributed by atoms with Crippen LogP contribution in [-0.4, -0.2) is 15.9 Å². The van der Waals surface area contributed by atoms with Crippen molar-refractivity contribution in [2.45, 2.75) is 13.8 Å². The zero-order valence-electron chi connectivity index (χ0n) is 8.00. The van der Waals surface area contributed by atoms with Crippen molar-refractivity contribution in [1.29, 1.82) is 0 Å². The van der Waals surface area contributed by atoms with Gasteiger partial charge in [0.2, 0.25) is 0 Å². The normalized spacial score (nSPS) is 10.4. The molecule has 0 atom stereocenters. The Kier molecular flexibility index (Phi) is 1.96. The Morgan fingerprint density at radius 2 is 2.29 bits per heavy atom. The summed E-state index contributed by atoms with van der Waals surface area (Å²) in [6.07, 6.45) is 1.53. The first kappa shape index (κ1) is 8.74. The van der Waals surface area contributed by atoms with E-state index in [0.29, 0.717) is 5.75 Å². The third-order valence-corrected chi connectivity index (χ3v) is 1.84. The second kappa shape index (κ2) is 3.14. The SMILES string of the molecule is CC(=O)Oc1cnc2[nH]c(C)cc2c1. The molecule has 1 N–H and O–H groups in total. The maximum atomic E-state index is 10.7. The molecule has 2 aromatic rings. The highest BCUT2D eigenvalue weighted by molar-refractivity contribution is 5.79. The van der Waals surface area contributed by atoms with E-state index in [0.717, 1.165) is 16.7 Å². The molecule has 14 heavy (non-hydrogen) atoms. The first-order valence-corrected chi connectivity index (χ1v) is 4.29. The van der Waals surface area contributed by atoms with Gasteiger partial charge in [0.25, 0.3) is 0 Å². The lowest BCUT2D eigenvalue weighted by Gasteiger charge is -1.99. The highest BCUT2D eigenvalue weighted by Crippen LogP contribution is 2.18. The van der Waals surface area contributed by atoms with Crippen LogP contribution in [-0.2, 0) is 4.79 Å². The molecule has 4 nitrogen and oxygen atoms in total. The van der Waals surface area contributed by atoms with Crippen molar-refractivity contribution in [2.24, 2.45) is 0 Å². The van der Waals surface area contributed by atoms with Crippen molar-refractivity contribution in [3.05, 3.63) is 24.0 Å². The third kappa shape index (κ3) is 1.59. The zero-order valence-corrected chi connectivity index (χ0v) is 8.00. The summed E-state index contributed by atoms with van der Waals surface area (Å²) in [5.74, 6) is 0.141. The van der Waals surface area contributed by atoms with Gasteiger partial charge in [0.15, 0.2) is 0 Å². The Hall–Kier alpha value is -1.84. The van der Waals surface area contributed by atoms with Crippen LogP contribution < -0.4 is 4.74 Å². The summed E-state index contributed by atoms with van der Waals surface area (Å²) in [5, 5.41) is 0.946. The van der Waals surface area contributed by atoms with Gasteiger partial charge >= 0.3 is 5.97 Å². The van der Waals surface area contributed by atoms with Crippen molar-refractivity contribution < 1.29 is 9.53 Å². The molecule has 0 aliphatic heterocycles. The molecule has 0 unspecified atom stereocenters. The summed E-state index contributed by atoms with van der Waals surface area (Å²) in [4.78, 5) is 17.9. The van der Waals surface area contributed by atoms with Crippen LogP contribution in [0.25, 0.3) is 11.0 Å². The van der Waals surface area contributed by atoms with Gasteiger partial charge in [-0.2, -0.15) is 0 Å². The van der Waals surface area contributed by atoms with Crippen LogP contribution >= 0.6 is 0 Å². The van der Waals surface area contributed by atoms with E-state index in [4.69, 9.17) is 4.74 Å². The number of ether oxygens (including phenoxy) is 1. The molecule has 0 amide bonds. The smallest absolute Gasteiger partial charge is 0.308 e. The van der Waals surface area contributed by atoms with Crippen LogP contribution in [0.1, 0.15) is 12.6 Å². The number of hydrogen-bond donors (Lipinski definition) is 1. The van der Waals surface area contributed by atoms with Crippen molar-refractivity contribution in [1.82, 2.24) is 9.97 Å². The number of aromatic nitrogens is 2. The van der Waals surface area contributed by atoms with Gasteiger partial charge in [0.05, 0.1) is 6.20 Å². The van der Waals surface area contributed by atoms with Gasteiger partial charge in [-0.05, 0) is 19.1 Å². The molecular weight excluding hydrogens is 180 g/mol. The van der Waals surface area contributed by atoms with Gasteiger partial charge in [-0.1, -0.05) is 0 Å². The van der Waals surface area contributed by atoms with E-state index in [9.17, 15) is 4.79 Å². The number of fused-ring (bicyclic) bond motifs is 1. The van der Waals surface area contributed by atoms with Crippen LogP contribution in [0, 0.1) is 6.92 Å². The Bertz CT molecular complexity index is 488. The summed E-state index contributed by atoms with van der Waals surface area (Å²) < 4.78 is 4.92. The molecule has 2 rings (SSSR count). The zero-order chi connectivity index (χ0) is 10.1. The number of pyridine rings is 1. The van der Waals surface area contributed by atoms with Crippen LogP contribution in [0.15, 0.2) is 18.3 Å². The molecule has 0 fully saturated rings. The van der Waals surface area contributed by atoms with Gasteiger partial charge in [-0.15, -0.1) is 0 Å². The molecule has 0 saturated heterocycles. The van der Waals surface area contributed by atoms with E-state index < -0.39 is 0 Å². The Morgan fingerprint density at radius 1 is 1.50 bits per heavy atom. The second-order valence-corrected chi connectivity index (χ2v) is 3.15. The van der Waals surface area contributed by atoms with Crippen LogP contribution in [0.2, 0.25) is 0 Å². The number of H-pyrrole nitrogens is 1. The molecule has 4 heteroatoms. The highest BCUT2D eigenvalue weighted by atomic mass is 16.5. The monoisotopic (exact) mass is 190 g/mol. The van der Waals surface area contributed by atoms with E-state index in [1.807, 2.05) is 13.0 Å². The van der Waals surface area contributed by atoms with Crippen molar-refractivity contribution in [3.63, 3.8) is 0 Å². The standard InChI is InChI=1S/C10H10N2O2/c1-6-3-8-4-9(14-7(2)13)5-11-10(8)12-6/h3-5H,1-2H3,(H,11,12). The first-order chi connectivity index (χ1) is 6.65. The van der Waals surface area contributed by atoms with Gasteiger partial charge in [-0.25, -0.2) is 4.98 Å². The minimum Gasteiger partial charge on any atom is -0.425 e. The van der Waals surface area contributed by atoms with Gasteiger partial charge in [-0.3, -0.25) is 4.79 Å². The fraction of sp³-hybridized carbons (Fsp3) is 0.200. The quantitative estimate of drug-likeness (QED) is 0.697. The minimum absolute atomic E-state index is 0.335. The molecule has 72 valence electrons. The molecule has 0 radical (unpaired) electrons. The van der Waals surface area contributed by atoms with Crippen LogP contribution in [0.4, 0.5) is 0 Å². The molecule has 0 aliphatic carbocycles. The van der Waals surface area contributed by atoms with Crippen molar-refractivity contribution in [3.8, 4) is 5.75 Å². The largest absolute Gasteiger partial charge is 0.425 e. The van der Waals surface area contributed by atoms with Crippen LogP contribution in [0.3, 0.4) is 0 Å². The van der Waals surface area contributed by atoms with Gasteiger partial charge in [0, 0.05) is 18.0 Å². The minimum atomic E-state index is -0.335. The van der Waals surface area contributed by atoms with Crippen LogP contribution in [0.5, 0.6) is 5.75 Å². The summed E-state index contributed by atoms with van der Waals surface area (Å²) >= 11 is 0. The maximum Gasteiger partial charge on any atom is 0.308 e. The predicted octanol–water partition coefficient (Wildman–Crippen LogP) is 1.80. The second-order valence-electron chi connectivity index (χ2n) is 3.15. The molecule has 2 heterocycles. The number of esters is 1. The fourth-order valence-electron chi connectivity index (χ4n) is 1.35. The summed E-state index contributed by atoms with van der Waals surface area (Å²) in [5.41, 5.74) is 1.84. The van der Waals surface area contributed by atoms with E-state index in [1.165, 1.54) is 13.1 Å². The molecular formula is C10H10N2O2. The number of hydrogen-bond acceptors (Lipinski definition) is 3. The number of carbonyl (C=O) groups excluding carboxylic acids is 1. The molecule has 0 spiro atoms. The highest BCUT2D eigenvalue weighted by Gasteiger charge is 2.02. The van der Waals surface area contributed by atoms with E-state index in [1.54, 1.807) is 6.07 Å². The third-order valence-electron chi connectivity index (χ3n) is 1.84. The topological polar surface area (TPSA) is 55.0 Å². The average molecular weight is 190 g/mol. The van der Waals surface area contributed by atoms with Gasteiger partial charge in [0.1, 0.15) is 11.4 Å². The predicted molar refractivity (Wildman–Crippen MR) is 52.1 cm³/mol. The summed E-state index contributed by atoms with van der Waals surface area (Å²) in [6.45, 7) is 3.32. The molecule has 0 aromatic carbocycles. The maximum absolute atomic E-state index is 10.7. The van der Waals surface area contributed by atoms with Crippen molar-refractivity contribution >= 4 is 17.0 Å². The molecule has 2 aromatic heterocycles. The number of aryl methyl sites for hydroxylation is 1. The number of aromatic amines is 1. The van der Waals surface area contributed by atoms with Crippen molar-refractivity contribution in [2.75, 3.05) is 0 Å². The molecule has 0 aliphatic rings. The number of nitrogens with one attached hydrogen (secondary N) is 1. The summed E-state index contributed by atoms with van der Waals surface area (Å²) in [6, 6.07) is 3.74. The lowest BCUT2D eigenvalue weighted by Crippen LogP contribution is -2.01. The Balaban J connectivity index is 2.45. The Labute approximate surface area is 80.9 Å². The summed E-state index contributed by atoms with van der Waals surface area (Å²) in [7, 11) is 0. The first-order valence-electron chi connectivity index (χ1n) is 4.29. The fourth-order valence-corrected chi connectivity index (χ4v) is 1.35. The molecule has 0 saturated carbocycles. The number of carbonyl (C=O) groups is 1. The van der Waals surface area contributed by atoms with E-state index in [-0.39, 0.29) is 5.97 Å². The number of nitrogens with zero attached hydrogens (tertiary/aromatic N) is 1. The molecule has 0 bridgehead atoms. The average Bonchev–Trinajstić information content (AvgIpc) is 2.42. The Morgan fingerprint density at radius 3 is 3.00 bits per heavy atom. The van der Waals surface area contributed by atoms with Gasteiger partial charge < -0.3 is 9.72 Å². The lowest BCUT2D eigenvalue weighted by atomic mass is 10.3. The lowest BCUT2D eigenvalue weighted by molar-refractivity contribution is -0.131. The van der Waals surface area contributed by atoms with E-state index >= 15 is 0 Å².